The molecule has 0 saturated carbocycles. The summed E-state index contributed by atoms with van der Waals surface area (Å²) in [6.07, 6.45) is 10.0. The van der Waals surface area contributed by atoms with Crippen LogP contribution in [0.3, 0.4) is 0 Å². The molecule has 15 heavy (non-hydrogen) atoms. The molecule has 0 bridgehead atoms. The number of carbonyl (C=O) groups excluding carboxylic acids is 1. The third kappa shape index (κ3) is 4.17. The lowest BCUT2D eigenvalue weighted by Gasteiger charge is -2.14. The van der Waals surface area contributed by atoms with Crippen LogP contribution in [0, 0.1) is 5.92 Å². The van der Waals surface area contributed by atoms with Crippen molar-refractivity contribution in [3.63, 3.8) is 0 Å². The Labute approximate surface area is 92.9 Å². The van der Waals surface area contributed by atoms with E-state index in [0.29, 0.717) is 12.3 Å². The van der Waals surface area contributed by atoms with Crippen LogP contribution in [-0.4, -0.2) is 12.3 Å². The molecule has 1 aliphatic carbocycles. The standard InChI is InChI=1S/C13H23NO/c1-11(9-10-14)13(15)12-7-5-3-2-4-6-8-12/h7,11H,2-6,8-10,14H2,1H3. The average molecular weight is 209 g/mol. The van der Waals surface area contributed by atoms with E-state index < -0.39 is 0 Å². The monoisotopic (exact) mass is 209 g/mol. The molecule has 2 nitrogen and oxygen atoms in total. The van der Waals surface area contributed by atoms with Crippen LogP contribution >= 0.6 is 0 Å². The van der Waals surface area contributed by atoms with Gasteiger partial charge in [-0.25, -0.2) is 0 Å². The van der Waals surface area contributed by atoms with Gasteiger partial charge in [0.25, 0.3) is 0 Å². The predicted octanol–water partition coefficient (Wildman–Crippen LogP) is 2.82. The number of hydrogen-bond donors (Lipinski definition) is 1. The molecule has 2 N–H and O–H groups in total. The Bertz CT molecular complexity index is 233. The predicted molar refractivity (Wildman–Crippen MR) is 63.6 cm³/mol. The Morgan fingerprint density at radius 3 is 2.87 bits per heavy atom. The molecule has 0 heterocycles. The molecule has 0 amide bonds. The number of allylic oxidation sites excluding steroid dienone is 2. The number of carbonyl (C=O) groups is 1. The van der Waals surface area contributed by atoms with Crippen LogP contribution in [-0.2, 0) is 4.79 Å². The lowest BCUT2D eigenvalue weighted by Crippen LogP contribution is -2.17. The molecule has 2 heteroatoms. The number of rotatable bonds is 4. The van der Waals surface area contributed by atoms with E-state index in [0.717, 1.165) is 24.8 Å². The fraction of sp³-hybridized carbons (Fsp3) is 0.769. The van der Waals surface area contributed by atoms with Crippen LogP contribution < -0.4 is 5.73 Å². The zero-order valence-electron chi connectivity index (χ0n) is 9.80. The van der Waals surface area contributed by atoms with E-state index in [2.05, 4.69) is 6.08 Å². The maximum Gasteiger partial charge on any atom is 0.161 e. The van der Waals surface area contributed by atoms with E-state index in [4.69, 9.17) is 5.73 Å². The first-order valence-electron chi connectivity index (χ1n) is 6.19. The maximum atomic E-state index is 12.0. The van der Waals surface area contributed by atoms with Crippen LogP contribution in [0.1, 0.15) is 51.9 Å². The molecule has 1 aliphatic rings. The fourth-order valence-electron chi connectivity index (χ4n) is 2.11. The summed E-state index contributed by atoms with van der Waals surface area (Å²) in [5.41, 5.74) is 6.55. The van der Waals surface area contributed by atoms with Gasteiger partial charge >= 0.3 is 0 Å². The third-order valence-corrected chi connectivity index (χ3v) is 3.15. The number of hydrogen-bond acceptors (Lipinski definition) is 2. The maximum absolute atomic E-state index is 12.0. The highest BCUT2D eigenvalue weighted by Gasteiger charge is 2.17. The fourth-order valence-corrected chi connectivity index (χ4v) is 2.11. The Hall–Kier alpha value is -0.630. The van der Waals surface area contributed by atoms with Gasteiger partial charge in [-0.2, -0.15) is 0 Å². The lowest BCUT2D eigenvalue weighted by atomic mass is 9.90. The van der Waals surface area contributed by atoms with Gasteiger partial charge in [0.2, 0.25) is 0 Å². The molecule has 0 aliphatic heterocycles. The molecule has 1 atom stereocenters. The van der Waals surface area contributed by atoms with E-state index in [-0.39, 0.29) is 5.92 Å². The van der Waals surface area contributed by atoms with Crippen molar-refractivity contribution in [2.75, 3.05) is 6.54 Å². The molecule has 0 radical (unpaired) electrons. The molecule has 0 fully saturated rings. The van der Waals surface area contributed by atoms with Crippen molar-refractivity contribution in [2.45, 2.75) is 51.9 Å². The summed E-state index contributed by atoms with van der Waals surface area (Å²) in [5, 5.41) is 0. The quantitative estimate of drug-likeness (QED) is 0.773. The molecule has 1 unspecified atom stereocenters. The van der Waals surface area contributed by atoms with Crippen molar-refractivity contribution in [1.29, 1.82) is 0 Å². The van der Waals surface area contributed by atoms with Gasteiger partial charge < -0.3 is 5.73 Å². The van der Waals surface area contributed by atoms with E-state index in [1.54, 1.807) is 0 Å². The molecular formula is C13H23NO. The van der Waals surface area contributed by atoms with Gasteiger partial charge in [-0.15, -0.1) is 0 Å². The topological polar surface area (TPSA) is 43.1 Å². The molecule has 1 rings (SSSR count). The van der Waals surface area contributed by atoms with Crippen LogP contribution in [0.25, 0.3) is 0 Å². The second kappa shape index (κ2) is 6.78. The Kier molecular flexibility index (Phi) is 5.62. The number of ketones is 1. The van der Waals surface area contributed by atoms with Gasteiger partial charge in [0, 0.05) is 5.92 Å². The van der Waals surface area contributed by atoms with Crippen molar-refractivity contribution in [1.82, 2.24) is 0 Å². The highest BCUT2D eigenvalue weighted by atomic mass is 16.1. The molecule has 0 aromatic carbocycles. The second-order valence-electron chi connectivity index (χ2n) is 4.52. The molecule has 86 valence electrons. The number of nitrogens with two attached hydrogens (primary N) is 1. The summed E-state index contributed by atoms with van der Waals surface area (Å²) >= 11 is 0. The highest BCUT2D eigenvalue weighted by molar-refractivity contribution is 5.96. The zero-order chi connectivity index (χ0) is 11.1. The van der Waals surface area contributed by atoms with Crippen molar-refractivity contribution < 1.29 is 4.79 Å². The second-order valence-corrected chi connectivity index (χ2v) is 4.52. The van der Waals surface area contributed by atoms with Crippen molar-refractivity contribution in [3.8, 4) is 0 Å². The van der Waals surface area contributed by atoms with E-state index in [9.17, 15) is 4.79 Å². The first-order valence-corrected chi connectivity index (χ1v) is 6.19. The van der Waals surface area contributed by atoms with Crippen LogP contribution in [0.5, 0.6) is 0 Å². The van der Waals surface area contributed by atoms with Crippen molar-refractivity contribution in [3.05, 3.63) is 11.6 Å². The van der Waals surface area contributed by atoms with Gasteiger partial charge in [0.1, 0.15) is 0 Å². The van der Waals surface area contributed by atoms with Gasteiger partial charge in [-0.1, -0.05) is 25.8 Å². The molecule has 0 spiro atoms. The lowest BCUT2D eigenvalue weighted by molar-refractivity contribution is -0.119. The van der Waals surface area contributed by atoms with E-state index in [1.807, 2.05) is 6.92 Å². The third-order valence-electron chi connectivity index (χ3n) is 3.15. The number of Topliss-reactive ketones (excluding diaryl/α,β-unsaturated/α-hetero) is 1. The summed E-state index contributed by atoms with van der Waals surface area (Å²) in [6.45, 7) is 2.61. The molecule has 0 aromatic heterocycles. The van der Waals surface area contributed by atoms with Gasteiger partial charge in [0.05, 0.1) is 0 Å². The summed E-state index contributed by atoms with van der Waals surface area (Å²) in [7, 11) is 0. The minimum atomic E-state index is 0.112. The molecule has 0 saturated heterocycles. The molecule has 0 aromatic rings. The first kappa shape index (κ1) is 12.4. The van der Waals surface area contributed by atoms with Crippen LogP contribution in [0.2, 0.25) is 0 Å². The normalized spacial score (nSPS) is 20.0. The van der Waals surface area contributed by atoms with Gasteiger partial charge in [0.15, 0.2) is 5.78 Å². The van der Waals surface area contributed by atoms with Gasteiger partial charge in [-0.05, 0) is 44.2 Å². The van der Waals surface area contributed by atoms with Crippen LogP contribution in [0.4, 0.5) is 0 Å². The highest BCUT2D eigenvalue weighted by Crippen LogP contribution is 2.21. The Morgan fingerprint density at radius 2 is 2.13 bits per heavy atom. The van der Waals surface area contributed by atoms with E-state index >= 15 is 0 Å². The Morgan fingerprint density at radius 1 is 1.40 bits per heavy atom. The Balaban J connectivity index is 2.55. The minimum Gasteiger partial charge on any atom is -0.330 e. The zero-order valence-corrected chi connectivity index (χ0v) is 9.80. The summed E-state index contributed by atoms with van der Waals surface area (Å²) in [5.74, 6) is 0.447. The van der Waals surface area contributed by atoms with E-state index in [1.165, 1.54) is 25.7 Å². The summed E-state index contributed by atoms with van der Waals surface area (Å²) in [6, 6.07) is 0. The van der Waals surface area contributed by atoms with Crippen molar-refractivity contribution >= 4 is 5.78 Å². The largest absolute Gasteiger partial charge is 0.330 e. The first-order chi connectivity index (χ1) is 7.25. The molecular weight excluding hydrogens is 186 g/mol. The average Bonchev–Trinajstić information content (AvgIpc) is 2.16. The summed E-state index contributed by atoms with van der Waals surface area (Å²) < 4.78 is 0. The minimum absolute atomic E-state index is 0.112. The van der Waals surface area contributed by atoms with Gasteiger partial charge in [-0.3, -0.25) is 4.79 Å². The van der Waals surface area contributed by atoms with Crippen molar-refractivity contribution in [2.24, 2.45) is 11.7 Å². The summed E-state index contributed by atoms with van der Waals surface area (Å²) in [4.78, 5) is 12.0. The smallest absolute Gasteiger partial charge is 0.161 e. The SMILES string of the molecule is CC(CCN)C(=O)C1=CCCCCCC1. The van der Waals surface area contributed by atoms with Crippen LogP contribution in [0.15, 0.2) is 11.6 Å².